The van der Waals surface area contributed by atoms with Crippen molar-refractivity contribution in [2.24, 2.45) is 0 Å². The number of hydrogen-bond acceptors (Lipinski definition) is 4. The maximum atomic E-state index is 4.46. The first-order valence-corrected chi connectivity index (χ1v) is 2.91. The van der Waals surface area contributed by atoms with Crippen molar-refractivity contribution in [3.05, 3.63) is 17.8 Å². The largest absolute Gasteiger partial charge is 0.242 e. The van der Waals surface area contributed by atoms with Crippen molar-refractivity contribution < 1.29 is 4.63 Å². The highest BCUT2D eigenvalue weighted by molar-refractivity contribution is 5.68. The SMILES string of the molecule is Cc1cnc2nonc2c1. The first kappa shape index (κ1) is 5.34. The van der Waals surface area contributed by atoms with E-state index in [1.54, 1.807) is 6.20 Å². The molecule has 2 aromatic rings. The highest BCUT2D eigenvalue weighted by Crippen LogP contribution is 2.05. The molecule has 0 N–H and O–H groups in total. The summed E-state index contributed by atoms with van der Waals surface area (Å²) in [5, 5.41) is 7.19. The summed E-state index contributed by atoms with van der Waals surface area (Å²) in [4.78, 5) is 3.97. The van der Waals surface area contributed by atoms with Crippen molar-refractivity contribution in [2.45, 2.75) is 6.92 Å². The van der Waals surface area contributed by atoms with Gasteiger partial charge in [-0.2, -0.15) is 0 Å². The van der Waals surface area contributed by atoms with E-state index in [9.17, 15) is 0 Å². The predicted octanol–water partition coefficient (Wildman–Crippen LogP) is 0.926. The maximum Gasteiger partial charge on any atom is 0.224 e. The Morgan fingerprint density at radius 2 is 2.30 bits per heavy atom. The number of fused-ring (bicyclic) bond motifs is 1. The fourth-order valence-electron chi connectivity index (χ4n) is 0.787. The van der Waals surface area contributed by atoms with Crippen molar-refractivity contribution in [3.8, 4) is 0 Å². The number of rotatable bonds is 0. The first-order valence-electron chi connectivity index (χ1n) is 2.91. The first-order chi connectivity index (χ1) is 4.86. The Bertz CT molecular complexity index is 355. The van der Waals surface area contributed by atoms with Crippen LogP contribution in [0.3, 0.4) is 0 Å². The molecule has 0 radical (unpaired) electrons. The smallest absolute Gasteiger partial charge is 0.224 e. The van der Waals surface area contributed by atoms with Crippen LogP contribution in [0.5, 0.6) is 0 Å². The van der Waals surface area contributed by atoms with Gasteiger partial charge >= 0.3 is 0 Å². The van der Waals surface area contributed by atoms with Crippen molar-refractivity contribution in [1.82, 2.24) is 15.3 Å². The Morgan fingerprint density at radius 1 is 1.40 bits per heavy atom. The second-order valence-corrected chi connectivity index (χ2v) is 2.12. The van der Waals surface area contributed by atoms with Crippen molar-refractivity contribution in [2.75, 3.05) is 0 Å². The van der Waals surface area contributed by atoms with Gasteiger partial charge in [-0.15, -0.1) is 0 Å². The Hall–Kier alpha value is -1.45. The van der Waals surface area contributed by atoms with Crippen LogP contribution in [0.4, 0.5) is 0 Å². The summed E-state index contributed by atoms with van der Waals surface area (Å²) in [5.74, 6) is 0. The van der Waals surface area contributed by atoms with Gasteiger partial charge in [0.05, 0.1) is 0 Å². The highest BCUT2D eigenvalue weighted by Gasteiger charge is 1.98. The summed E-state index contributed by atoms with van der Waals surface area (Å²) < 4.78 is 4.46. The van der Waals surface area contributed by atoms with Crippen molar-refractivity contribution in [3.63, 3.8) is 0 Å². The minimum Gasteiger partial charge on any atom is -0.242 e. The van der Waals surface area contributed by atoms with Crippen LogP contribution in [0.2, 0.25) is 0 Å². The van der Waals surface area contributed by atoms with Gasteiger partial charge in [-0.25, -0.2) is 9.61 Å². The molecule has 2 rings (SSSR count). The molecule has 0 saturated heterocycles. The summed E-state index contributed by atoms with van der Waals surface area (Å²) in [6, 6.07) is 1.87. The van der Waals surface area contributed by atoms with Gasteiger partial charge in [0.15, 0.2) is 5.52 Å². The lowest BCUT2D eigenvalue weighted by Crippen LogP contribution is -1.77. The molecule has 0 spiro atoms. The molecule has 0 atom stereocenters. The standard InChI is InChI=1S/C6H5N3O/c1-4-2-5-6(7-3-4)9-10-8-5/h2-3H,1H3. The minimum absolute atomic E-state index is 0.561. The third-order valence-corrected chi connectivity index (χ3v) is 1.25. The molecule has 2 aromatic heterocycles. The van der Waals surface area contributed by atoms with Crippen LogP contribution in [-0.4, -0.2) is 15.3 Å². The van der Waals surface area contributed by atoms with Gasteiger partial charge in [0.1, 0.15) is 0 Å². The average molecular weight is 135 g/mol. The average Bonchev–Trinajstić information content (AvgIpc) is 2.33. The van der Waals surface area contributed by atoms with Crippen LogP contribution < -0.4 is 0 Å². The van der Waals surface area contributed by atoms with Crippen molar-refractivity contribution >= 4 is 11.2 Å². The quantitative estimate of drug-likeness (QED) is 0.539. The molecule has 0 aliphatic heterocycles. The van der Waals surface area contributed by atoms with E-state index in [0.717, 1.165) is 5.56 Å². The fraction of sp³-hybridized carbons (Fsp3) is 0.167. The third kappa shape index (κ3) is 0.655. The van der Waals surface area contributed by atoms with Gasteiger partial charge in [0.2, 0.25) is 5.65 Å². The summed E-state index contributed by atoms with van der Waals surface area (Å²) in [6.07, 6.45) is 1.73. The van der Waals surface area contributed by atoms with Gasteiger partial charge in [0, 0.05) is 6.20 Å². The van der Waals surface area contributed by atoms with Crippen molar-refractivity contribution in [1.29, 1.82) is 0 Å². The summed E-state index contributed by atoms with van der Waals surface area (Å²) in [5.41, 5.74) is 2.33. The molecule has 50 valence electrons. The normalized spacial score (nSPS) is 10.5. The molecule has 10 heavy (non-hydrogen) atoms. The lowest BCUT2D eigenvalue weighted by molar-refractivity contribution is 0.315. The zero-order valence-electron chi connectivity index (χ0n) is 5.40. The molecule has 2 heterocycles. The number of hydrogen-bond donors (Lipinski definition) is 0. The molecule has 4 heteroatoms. The van der Waals surface area contributed by atoms with E-state index in [2.05, 4.69) is 19.9 Å². The topological polar surface area (TPSA) is 51.8 Å². The van der Waals surface area contributed by atoms with Gasteiger partial charge < -0.3 is 0 Å². The van der Waals surface area contributed by atoms with Crippen LogP contribution in [0.15, 0.2) is 16.9 Å². The van der Waals surface area contributed by atoms with Crippen LogP contribution in [-0.2, 0) is 0 Å². The molecule has 0 aromatic carbocycles. The molecule has 0 fully saturated rings. The predicted molar refractivity (Wildman–Crippen MR) is 34.3 cm³/mol. The van der Waals surface area contributed by atoms with E-state index < -0.39 is 0 Å². The lowest BCUT2D eigenvalue weighted by atomic mass is 10.3. The second-order valence-electron chi connectivity index (χ2n) is 2.12. The second kappa shape index (κ2) is 1.76. The Balaban J connectivity index is 2.86. The molecular formula is C6H5N3O. The molecule has 0 aliphatic rings. The number of pyridine rings is 1. The molecule has 0 aliphatic carbocycles. The third-order valence-electron chi connectivity index (χ3n) is 1.25. The Kier molecular flexibility index (Phi) is 0.943. The van der Waals surface area contributed by atoms with E-state index in [1.807, 2.05) is 13.0 Å². The highest BCUT2D eigenvalue weighted by atomic mass is 16.6. The zero-order valence-corrected chi connectivity index (χ0v) is 5.40. The van der Waals surface area contributed by atoms with Gasteiger partial charge in [0.25, 0.3) is 0 Å². The number of nitrogens with zero attached hydrogens (tertiary/aromatic N) is 3. The van der Waals surface area contributed by atoms with Gasteiger partial charge in [-0.3, -0.25) is 0 Å². The number of aryl methyl sites for hydroxylation is 1. The summed E-state index contributed by atoms with van der Waals surface area (Å²) in [6.45, 7) is 1.95. The van der Waals surface area contributed by atoms with E-state index >= 15 is 0 Å². The van der Waals surface area contributed by atoms with E-state index in [4.69, 9.17) is 0 Å². The Labute approximate surface area is 56.8 Å². The fourth-order valence-corrected chi connectivity index (χ4v) is 0.787. The van der Waals surface area contributed by atoms with Crippen LogP contribution in [0.25, 0.3) is 11.2 Å². The molecule has 0 unspecified atom stereocenters. The Morgan fingerprint density at radius 3 is 3.20 bits per heavy atom. The van der Waals surface area contributed by atoms with Crippen LogP contribution >= 0.6 is 0 Å². The minimum atomic E-state index is 0.561. The molecule has 0 bridgehead atoms. The molecule has 4 nitrogen and oxygen atoms in total. The van der Waals surface area contributed by atoms with Crippen LogP contribution in [0.1, 0.15) is 5.56 Å². The van der Waals surface area contributed by atoms with E-state index in [1.165, 1.54) is 0 Å². The van der Waals surface area contributed by atoms with E-state index in [0.29, 0.717) is 11.2 Å². The summed E-state index contributed by atoms with van der Waals surface area (Å²) >= 11 is 0. The zero-order chi connectivity index (χ0) is 6.97. The van der Waals surface area contributed by atoms with Crippen LogP contribution in [0, 0.1) is 6.92 Å². The monoisotopic (exact) mass is 135 g/mol. The van der Waals surface area contributed by atoms with E-state index in [-0.39, 0.29) is 0 Å². The summed E-state index contributed by atoms with van der Waals surface area (Å²) in [7, 11) is 0. The number of aromatic nitrogens is 3. The van der Waals surface area contributed by atoms with Gasteiger partial charge in [-0.05, 0) is 28.9 Å². The lowest BCUT2D eigenvalue weighted by Gasteiger charge is -1.85. The maximum absolute atomic E-state index is 4.46. The molecule has 0 saturated carbocycles. The molecule has 0 amide bonds. The molecular weight excluding hydrogens is 130 g/mol. The van der Waals surface area contributed by atoms with Gasteiger partial charge in [-0.1, -0.05) is 0 Å².